The summed E-state index contributed by atoms with van der Waals surface area (Å²) >= 11 is 0. The third-order valence-electron chi connectivity index (χ3n) is 3.36. The molecule has 0 aromatic heterocycles. The van der Waals surface area contributed by atoms with Crippen LogP contribution in [0.5, 0.6) is 11.5 Å². The highest BCUT2D eigenvalue weighted by Gasteiger charge is 2.05. The lowest BCUT2D eigenvalue weighted by Crippen LogP contribution is -2.12. The van der Waals surface area contributed by atoms with Crippen molar-refractivity contribution >= 4 is 17.8 Å². The fraction of sp³-hybridized carbons (Fsp3) is 0.200. The van der Waals surface area contributed by atoms with Crippen LogP contribution in [0.25, 0.3) is 6.08 Å². The Kier molecular flexibility index (Phi) is 6.77. The molecule has 0 heterocycles. The molecule has 0 aliphatic carbocycles. The van der Waals surface area contributed by atoms with Gasteiger partial charge in [0, 0.05) is 11.1 Å². The van der Waals surface area contributed by atoms with Crippen LogP contribution in [0.3, 0.4) is 0 Å². The Hall–Kier alpha value is -3.08. The van der Waals surface area contributed by atoms with Gasteiger partial charge < -0.3 is 14.2 Å². The molecule has 0 saturated heterocycles. The van der Waals surface area contributed by atoms with E-state index in [2.05, 4.69) is 4.74 Å². The molecular weight excluding hydrogens is 320 g/mol. The zero-order chi connectivity index (χ0) is 18.1. The minimum absolute atomic E-state index is 0.134. The molecule has 0 radical (unpaired) electrons. The summed E-state index contributed by atoms with van der Waals surface area (Å²) in [5.74, 6) is 0.634. The van der Waals surface area contributed by atoms with Crippen LogP contribution in [0.15, 0.2) is 54.6 Å². The molecule has 0 aliphatic rings. The highest BCUT2D eigenvalue weighted by Crippen LogP contribution is 2.20. The van der Waals surface area contributed by atoms with Crippen LogP contribution in [0.4, 0.5) is 0 Å². The molecule has 5 nitrogen and oxygen atoms in total. The monoisotopic (exact) mass is 340 g/mol. The van der Waals surface area contributed by atoms with Crippen LogP contribution in [-0.4, -0.2) is 32.1 Å². The van der Waals surface area contributed by atoms with E-state index in [1.807, 2.05) is 31.2 Å². The Labute approximate surface area is 146 Å². The number of benzene rings is 2. The Morgan fingerprint density at radius 1 is 1.00 bits per heavy atom. The summed E-state index contributed by atoms with van der Waals surface area (Å²) in [6.07, 6.45) is 3.23. The zero-order valence-corrected chi connectivity index (χ0v) is 14.2. The van der Waals surface area contributed by atoms with Crippen molar-refractivity contribution < 1.29 is 23.8 Å². The standard InChI is InChI=1S/C20H20O5/c1-3-24-19-7-5-4-6-16(19)10-13-18(21)15-8-11-17(12-9-15)25-14-20(22)23-2/h4-13H,3,14H2,1-2H3. The number of ketones is 1. The molecule has 5 heteroatoms. The van der Waals surface area contributed by atoms with Crippen molar-refractivity contribution in [3.8, 4) is 11.5 Å². The molecule has 0 N–H and O–H groups in total. The van der Waals surface area contributed by atoms with Gasteiger partial charge in [-0.15, -0.1) is 0 Å². The minimum Gasteiger partial charge on any atom is -0.493 e. The van der Waals surface area contributed by atoms with Gasteiger partial charge >= 0.3 is 5.97 Å². The van der Waals surface area contributed by atoms with Crippen molar-refractivity contribution in [1.29, 1.82) is 0 Å². The highest BCUT2D eigenvalue weighted by molar-refractivity contribution is 6.07. The predicted octanol–water partition coefficient (Wildman–Crippen LogP) is 3.53. The molecule has 25 heavy (non-hydrogen) atoms. The van der Waals surface area contributed by atoms with E-state index >= 15 is 0 Å². The fourth-order valence-electron chi connectivity index (χ4n) is 2.08. The number of esters is 1. The van der Waals surface area contributed by atoms with Gasteiger partial charge in [0.1, 0.15) is 11.5 Å². The molecule has 0 atom stereocenters. The van der Waals surface area contributed by atoms with Crippen molar-refractivity contribution in [2.75, 3.05) is 20.3 Å². The number of carbonyl (C=O) groups is 2. The summed E-state index contributed by atoms with van der Waals surface area (Å²) in [5, 5.41) is 0. The summed E-state index contributed by atoms with van der Waals surface area (Å²) < 4.78 is 15.3. The summed E-state index contributed by atoms with van der Waals surface area (Å²) in [6, 6.07) is 14.1. The van der Waals surface area contributed by atoms with E-state index in [1.54, 1.807) is 30.3 Å². The highest BCUT2D eigenvalue weighted by atomic mass is 16.6. The lowest BCUT2D eigenvalue weighted by Gasteiger charge is -2.06. The lowest BCUT2D eigenvalue weighted by atomic mass is 10.1. The van der Waals surface area contributed by atoms with Crippen molar-refractivity contribution in [3.63, 3.8) is 0 Å². The smallest absolute Gasteiger partial charge is 0.343 e. The number of methoxy groups -OCH3 is 1. The molecule has 2 aromatic rings. The van der Waals surface area contributed by atoms with E-state index in [-0.39, 0.29) is 12.4 Å². The maximum atomic E-state index is 12.3. The van der Waals surface area contributed by atoms with E-state index in [0.29, 0.717) is 17.9 Å². The van der Waals surface area contributed by atoms with Crippen LogP contribution in [0.1, 0.15) is 22.8 Å². The Bertz CT molecular complexity index is 747. The molecule has 0 saturated carbocycles. The number of ether oxygens (including phenoxy) is 3. The van der Waals surface area contributed by atoms with E-state index in [0.717, 1.165) is 11.3 Å². The Morgan fingerprint density at radius 3 is 2.40 bits per heavy atom. The average molecular weight is 340 g/mol. The Balaban J connectivity index is 2.02. The molecule has 0 bridgehead atoms. The van der Waals surface area contributed by atoms with E-state index in [1.165, 1.54) is 13.2 Å². The first-order valence-electron chi connectivity index (χ1n) is 7.88. The maximum absolute atomic E-state index is 12.3. The minimum atomic E-state index is -0.462. The van der Waals surface area contributed by atoms with Gasteiger partial charge in [-0.25, -0.2) is 4.79 Å². The number of carbonyl (C=O) groups excluding carboxylic acids is 2. The predicted molar refractivity (Wildman–Crippen MR) is 94.9 cm³/mol. The van der Waals surface area contributed by atoms with E-state index in [4.69, 9.17) is 9.47 Å². The van der Waals surface area contributed by atoms with Gasteiger partial charge in [0.05, 0.1) is 13.7 Å². The molecule has 0 fully saturated rings. The lowest BCUT2D eigenvalue weighted by molar-refractivity contribution is -0.142. The van der Waals surface area contributed by atoms with Gasteiger partial charge in [0.15, 0.2) is 12.4 Å². The van der Waals surface area contributed by atoms with Crippen LogP contribution < -0.4 is 9.47 Å². The Morgan fingerprint density at radius 2 is 1.72 bits per heavy atom. The van der Waals surface area contributed by atoms with Crippen molar-refractivity contribution in [1.82, 2.24) is 0 Å². The van der Waals surface area contributed by atoms with Gasteiger partial charge in [-0.3, -0.25) is 4.79 Å². The first-order valence-corrected chi connectivity index (χ1v) is 7.88. The number of para-hydroxylation sites is 1. The first-order chi connectivity index (χ1) is 12.1. The van der Waals surface area contributed by atoms with Gasteiger partial charge in [-0.1, -0.05) is 18.2 Å². The largest absolute Gasteiger partial charge is 0.493 e. The number of hydrogen-bond donors (Lipinski definition) is 0. The second-order valence-corrected chi connectivity index (χ2v) is 5.06. The SMILES string of the molecule is CCOc1ccccc1C=CC(=O)c1ccc(OCC(=O)OC)cc1. The van der Waals surface area contributed by atoms with Crippen molar-refractivity contribution in [2.45, 2.75) is 6.92 Å². The van der Waals surface area contributed by atoms with Crippen molar-refractivity contribution in [3.05, 3.63) is 65.7 Å². The van der Waals surface area contributed by atoms with Gasteiger partial charge in [-0.2, -0.15) is 0 Å². The van der Waals surface area contributed by atoms with E-state index < -0.39 is 5.97 Å². The summed E-state index contributed by atoms with van der Waals surface area (Å²) in [4.78, 5) is 23.3. The molecule has 130 valence electrons. The fourth-order valence-corrected chi connectivity index (χ4v) is 2.08. The summed E-state index contributed by atoms with van der Waals surface area (Å²) in [6.45, 7) is 2.30. The molecule has 0 aliphatic heterocycles. The molecule has 0 amide bonds. The maximum Gasteiger partial charge on any atom is 0.343 e. The quantitative estimate of drug-likeness (QED) is 0.418. The van der Waals surface area contributed by atoms with Gasteiger partial charge in [0.25, 0.3) is 0 Å². The number of rotatable bonds is 8. The van der Waals surface area contributed by atoms with Gasteiger partial charge in [0.2, 0.25) is 0 Å². The third kappa shape index (κ3) is 5.49. The summed E-state index contributed by atoms with van der Waals surface area (Å²) in [5.41, 5.74) is 1.37. The third-order valence-corrected chi connectivity index (χ3v) is 3.36. The van der Waals surface area contributed by atoms with Crippen molar-refractivity contribution in [2.24, 2.45) is 0 Å². The van der Waals surface area contributed by atoms with Gasteiger partial charge in [-0.05, 0) is 49.4 Å². The van der Waals surface area contributed by atoms with Crippen LogP contribution in [0.2, 0.25) is 0 Å². The van der Waals surface area contributed by atoms with Crippen LogP contribution in [0, 0.1) is 0 Å². The summed E-state index contributed by atoms with van der Waals surface area (Å²) in [7, 11) is 1.30. The van der Waals surface area contributed by atoms with Crippen LogP contribution >= 0.6 is 0 Å². The molecule has 2 rings (SSSR count). The topological polar surface area (TPSA) is 61.8 Å². The molecular formula is C20H20O5. The second kappa shape index (κ2) is 9.27. The molecule has 0 unspecified atom stereocenters. The second-order valence-electron chi connectivity index (χ2n) is 5.06. The van der Waals surface area contributed by atoms with Crippen LogP contribution in [-0.2, 0) is 9.53 Å². The zero-order valence-electron chi connectivity index (χ0n) is 14.2. The normalized spacial score (nSPS) is 10.5. The molecule has 2 aromatic carbocycles. The number of hydrogen-bond acceptors (Lipinski definition) is 5. The average Bonchev–Trinajstić information content (AvgIpc) is 2.65. The number of allylic oxidation sites excluding steroid dienone is 1. The molecule has 0 spiro atoms. The van der Waals surface area contributed by atoms with E-state index in [9.17, 15) is 9.59 Å². The first kappa shape index (κ1) is 18.3.